The second-order valence-corrected chi connectivity index (χ2v) is 7.55. The van der Waals surface area contributed by atoms with Gasteiger partial charge >= 0.3 is 0 Å². The highest BCUT2D eigenvalue weighted by molar-refractivity contribution is 14.1. The average Bonchev–Trinajstić information content (AvgIpc) is 2.50. The molecule has 0 fully saturated rings. The van der Waals surface area contributed by atoms with Gasteiger partial charge < -0.3 is 5.32 Å². The molecule has 5 heteroatoms. The number of alkyl halides is 1. The van der Waals surface area contributed by atoms with Crippen molar-refractivity contribution in [3.8, 4) is 0 Å². The van der Waals surface area contributed by atoms with Gasteiger partial charge in [-0.2, -0.15) is 0 Å². The van der Waals surface area contributed by atoms with Gasteiger partial charge in [-0.05, 0) is 53.3 Å². The Labute approximate surface area is 155 Å². The van der Waals surface area contributed by atoms with Crippen molar-refractivity contribution in [3.63, 3.8) is 0 Å². The van der Waals surface area contributed by atoms with Crippen LogP contribution in [0.4, 0.5) is 0 Å². The van der Waals surface area contributed by atoms with E-state index in [1.165, 1.54) is 0 Å². The minimum absolute atomic E-state index is 0.0773. The molecule has 2 nitrogen and oxygen atoms in total. The first-order valence-corrected chi connectivity index (χ1v) is 9.34. The van der Waals surface area contributed by atoms with E-state index in [4.69, 9.17) is 0 Å². The van der Waals surface area contributed by atoms with Crippen molar-refractivity contribution >= 4 is 60.4 Å². The van der Waals surface area contributed by atoms with Gasteiger partial charge in [0.25, 0.3) is 5.91 Å². The zero-order valence-electron chi connectivity index (χ0n) is 11.4. The third-order valence-corrected chi connectivity index (χ3v) is 5.80. The van der Waals surface area contributed by atoms with Crippen molar-refractivity contribution in [1.82, 2.24) is 5.32 Å². The molecule has 2 aromatic carbocycles. The van der Waals surface area contributed by atoms with Crippen molar-refractivity contribution in [2.45, 2.75) is 12.5 Å². The molecule has 0 bridgehead atoms. The molecule has 1 atom stereocenters. The van der Waals surface area contributed by atoms with E-state index in [9.17, 15) is 4.79 Å². The van der Waals surface area contributed by atoms with E-state index in [1.807, 2.05) is 55.5 Å². The van der Waals surface area contributed by atoms with Crippen LogP contribution in [0.3, 0.4) is 0 Å². The number of hydrogen-bond acceptors (Lipinski definition) is 1. The Bertz CT molecular complexity index is 648. The highest BCUT2D eigenvalue weighted by Crippen LogP contribution is 2.25. The predicted molar refractivity (Wildman–Crippen MR) is 102 cm³/mol. The van der Waals surface area contributed by atoms with E-state index in [0.29, 0.717) is 10.9 Å². The molecule has 1 N–H and O–H groups in total. The Kier molecular flexibility index (Phi) is 5.85. The molecular formula is C16H14Br2INO. The SMILES string of the molecule is CC(CBr)(NC(=O)c1cc(Br)ccc1I)c1ccccc1. The third-order valence-electron chi connectivity index (χ3n) is 3.24. The Balaban J connectivity index is 2.30. The first-order chi connectivity index (χ1) is 9.96. The summed E-state index contributed by atoms with van der Waals surface area (Å²) in [5.41, 5.74) is 1.29. The molecule has 0 saturated heterocycles. The fourth-order valence-electron chi connectivity index (χ4n) is 1.98. The summed E-state index contributed by atoms with van der Waals surface area (Å²) in [5, 5.41) is 3.77. The summed E-state index contributed by atoms with van der Waals surface area (Å²) < 4.78 is 1.83. The number of rotatable bonds is 4. The molecule has 0 aliphatic rings. The standard InChI is InChI=1S/C16H14Br2INO/c1-16(10-17,11-5-3-2-4-6-11)20-15(21)13-9-12(18)7-8-14(13)19/h2-9H,10H2,1H3,(H,20,21). The maximum Gasteiger partial charge on any atom is 0.253 e. The van der Waals surface area contributed by atoms with Gasteiger partial charge in [0.15, 0.2) is 0 Å². The lowest BCUT2D eigenvalue weighted by atomic mass is 9.94. The number of halogens is 3. The van der Waals surface area contributed by atoms with Gasteiger partial charge in [0, 0.05) is 13.4 Å². The van der Waals surface area contributed by atoms with E-state index >= 15 is 0 Å². The van der Waals surface area contributed by atoms with Crippen LogP contribution in [0.1, 0.15) is 22.8 Å². The number of nitrogens with one attached hydrogen (secondary N) is 1. The zero-order chi connectivity index (χ0) is 15.5. The number of hydrogen-bond donors (Lipinski definition) is 1. The molecule has 0 aromatic heterocycles. The van der Waals surface area contributed by atoms with Crippen molar-refractivity contribution < 1.29 is 4.79 Å². The smallest absolute Gasteiger partial charge is 0.253 e. The van der Waals surface area contributed by atoms with Crippen molar-refractivity contribution in [2.75, 3.05) is 5.33 Å². The predicted octanol–water partition coefficient (Wildman–Crippen LogP) is 5.09. The third kappa shape index (κ3) is 4.07. The molecule has 2 aromatic rings. The highest BCUT2D eigenvalue weighted by Gasteiger charge is 2.28. The Morgan fingerprint density at radius 3 is 2.52 bits per heavy atom. The molecule has 0 aliphatic heterocycles. The minimum atomic E-state index is -0.455. The van der Waals surface area contributed by atoms with E-state index in [0.717, 1.165) is 13.6 Å². The van der Waals surface area contributed by atoms with E-state index < -0.39 is 5.54 Å². The summed E-state index contributed by atoms with van der Waals surface area (Å²) in [7, 11) is 0. The summed E-state index contributed by atoms with van der Waals surface area (Å²) in [6.45, 7) is 2.01. The maximum absolute atomic E-state index is 12.6. The van der Waals surface area contributed by atoms with E-state index in [1.54, 1.807) is 0 Å². The molecule has 0 radical (unpaired) electrons. The first kappa shape index (κ1) is 17.0. The van der Waals surface area contributed by atoms with Crippen LogP contribution in [0.25, 0.3) is 0 Å². The molecule has 0 heterocycles. The quantitative estimate of drug-likeness (QED) is 0.440. The van der Waals surface area contributed by atoms with Crippen LogP contribution >= 0.6 is 54.5 Å². The number of benzene rings is 2. The Morgan fingerprint density at radius 1 is 1.24 bits per heavy atom. The first-order valence-electron chi connectivity index (χ1n) is 6.35. The van der Waals surface area contributed by atoms with Gasteiger partial charge in [0.2, 0.25) is 0 Å². The molecule has 0 saturated carbocycles. The second kappa shape index (κ2) is 7.24. The van der Waals surface area contributed by atoms with Crippen LogP contribution in [0.15, 0.2) is 53.0 Å². The summed E-state index contributed by atoms with van der Waals surface area (Å²) in [6.07, 6.45) is 0. The van der Waals surface area contributed by atoms with Crippen LogP contribution in [-0.4, -0.2) is 11.2 Å². The fraction of sp³-hybridized carbons (Fsp3) is 0.188. The fourth-order valence-corrected chi connectivity index (χ4v) is 3.38. The normalized spacial score (nSPS) is 13.5. The van der Waals surface area contributed by atoms with Crippen molar-refractivity contribution in [2.24, 2.45) is 0 Å². The molecule has 1 amide bonds. The molecule has 21 heavy (non-hydrogen) atoms. The Hall–Kier alpha value is -0.400. The van der Waals surface area contributed by atoms with Gasteiger partial charge in [-0.25, -0.2) is 0 Å². The molecule has 2 rings (SSSR count). The molecule has 110 valence electrons. The van der Waals surface area contributed by atoms with Crippen molar-refractivity contribution in [1.29, 1.82) is 0 Å². The Morgan fingerprint density at radius 2 is 1.90 bits per heavy atom. The lowest BCUT2D eigenvalue weighted by Crippen LogP contribution is -2.45. The summed E-state index contributed by atoms with van der Waals surface area (Å²) in [4.78, 5) is 12.6. The van der Waals surface area contributed by atoms with Gasteiger partial charge in [0.05, 0.1) is 11.1 Å². The van der Waals surface area contributed by atoms with E-state index in [-0.39, 0.29) is 5.91 Å². The summed E-state index contributed by atoms with van der Waals surface area (Å²) in [6, 6.07) is 15.7. The lowest BCUT2D eigenvalue weighted by Gasteiger charge is -2.29. The average molecular weight is 523 g/mol. The number of carbonyl (C=O) groups is 1. The molecular weight excluding hydrogens is 509 g/mol. The molecule has 0 aliphatic carbocycles. The van der Waals surface area contributed by atoms with Crippen LogP contribution in [0.5, 0.6) is 0 Å². The molecule has 1 unspecified atom stereocenters. The molecule has 0 spiro atoms. The van der Waals surface area contributed by atoms with Gasteiger partial charge in [-0.15, -0.1) is 0 Å². The monoisotopic (exact) mass is 521 g/mol. The van der Waals surface area contributed by atoms with E-state index in [2.05, 4.69) is 59.8 Å². The number of carbonyl (C=O) groups excluding carboxylic acids is 1. The van der Waals surface area contributed by atoms with Crippen LogP contribution in [-0.2, 0) is 5.54 Å². The maximum atomic E-state index is 12.6. The van der Waals surface area contributed by atoms with Gasteiger partial charge in [-0.3, -0.25) is 4.79 Å². The largest absolute Gasteiger partial charge is 0.342 e. The minimum Gasteiger partial charge on any atom is -0.342 e. The van der Waals surface area contributed by atoms with Gasteiger partial charge in [0.1, 0.15) is 0 Å². The van der Waals surface area contributed by atoms with Crippen LogP contribution in [0, 0.1) is 3.57 Å². The second-order valence-electron chi connectivity index (χ2n) is 4.91. The van der Waals surface area contributed by atoms with Crippen LogP contribution < -0.4 is 5.32 Å². The summed E-state index contributed by atoms with van der Waals surface area (Å²) in [5.74, 6) is -0.0773. The number of amides is 1. The zero-order valence-corrected chi connectivity index (χ0v) is 16.7. The summed E-state index contributed by atoms with van der Waals surface area (Å²) >= 11 is 9.11. The topological polar surface area (TPSA) is 29.1 Å². The highest BCUT2D eigenvalue weighted by atomic mass is 127. The van der Waals surface area contributed by atoms with Crippen molar-refractivity contribution in [3.05, 3.63) is 67.7 Å². The van der Waals surface area contributed by atoms with Gasteiger partial charge in [-0.1, -0.05) is 62.2 Å². The lowest BCUT2D eigenvalue weighted by molar-refractivity contribution is 0.0913. The van der Waals surface area contributed by atoms with Crippen LogP contribution in [0.2, 0.25) is 0 Å².